The maximum absolute atomic E-state index is 5.78. The fraction of sp³-hybridized carbons (Fsp3) is 0.636. The SMILES string of the molecule is COCc1cnc(C(Cl)(Cl)Cl)nc1C(C)(C)C. The second-order valence-corrected chi connectivity index (χ2v) is 7.03. The van der Waals surface area contributed by atoms with Gasteiger partial charge in [0.15, 0.2) is 5.82 Å². The number of aromatic nitrogens is 2. The minimum atomic E-state index is -1.61. The molecule has 17 heavy (non-hydrogen) atoms. The molecule has 6 heteroatoms. The normalized spacial score (nSPS) is 12.9. The third kappa shape index (κ3) is 3.95. The third-order valence-electron chi connectivity index (χ3n) is 2.13. The monoisotopic (exact) mass is 296 g/mol. The molecule has 0 unspecified atom stereocenters. The molecule has 0 atom stereocenters. The molecule has 0 aliphatic rings. The van der Waals surface area contributed by atoms with Crippen molar-refractivity contribution >= 4 is 34.8 Å². The van der Waals surface area contributed by atoms with E-state index in [-0.39, 0.29) is 11.2 Å². The summed E-state index contributed by atoms with van der Waals surface area (Å²) in [4.78, 5) is 8.40. The van der Waals surface area contributed by atoms with E-state index in [4.69, 9.17) is 39.5 Å². The van der Waals surface area contributed by atoms with Crippen LogP contribution in [0.3, 0.4) is 0 Å². The van der Waals surface area contributed by atoms with Crippen molar-refractivity contribution in [2.75, 3.05) is 7.11 Å². The highest BCUT2D eigenvalue weighted by Crippen LogP contribution is 2.37. The second-order valence-electron chi connectivity index (χ2n) is 4.75. The Kier molecular flexibility index (Phi) is 4.64. The molecule has 0 bridgehead atoms. The molecular weight excluding hydrogens is 282 g/mol. The first kappa shape index (κ1) is 15.0. The molecule has 1 aromatic heterocycles. The highest BCUT2D eigenvalue weighted by atomic mass is 35.6. The van der Waals surface area contributed by atoms with Gasteiger partial charge >= 0.3 is 0 Å². The van der Waals surface area contributed by atoms with E-state index in [0.29, 0.717) is 6.61 Å². The summed E-state index contributed by atoms with van der Waals surface area (Å²) in [5.41, 5.74) is 1.57. The molecule has 0 N–H and O–H groups in total. The number of methoxy groups -OCH3 is 1. The minimum absolute atomic E-state index is 0.165. The van der Waals surface area contributed by atoms with E-state index in [2.05, 4.69) is 9.97 Å². The zero-order valence-electron chi connectivity index (χ0n) is 10.2. The van der Waals surface area contributed by atoms with Crippen LogP contribution >= 0.6 is 34.8 Å². The van der Waals surface area contributed by atoms with E-state index in [1.807, 2.05) is 20.8 Å². The summed E-state index contributed by atoms with van der Waals surface area (Å²) in [6, 6.07) is 0. The zero-order valence-corrected chi connectivity index (χ0v) is 12.5. The Bertz CT molecular complexity index is 397. The van der Waals surface area contributed by atoms with Crippen molar-refractivity contribution in [3.63, 3.8) is 0 Å². The molecular formula is C11H15Cl3N2O. The second kappa shape index (κ2) is 5.27. The molecule has 0 fully saturated rings. The van der Waals surface area contributed by atoms with E-state index < -0.39 is 3.79 Å². The quantitative estimate of drug-likeness (QED) is 0.780. The minimum Gasteiger partial charge on any atom is -0.380 e. The van der Waals surface area contributed by atoms with Gasteiger partial charge in [-0.2, -0.15) is 0 Å². The average Bonchev–Trinajstić information content (AvgIpc) is 2.15. The fourth-order valence-corrected chi connectivity index (χ4v) is 1.73. The first-order chi connectivity index (χ1) is 7.66. The molecule has 1 aromatic rings. The summed E-state index contributed by atoms with van der Waals surface area (Å²) in [5, 5.41) is 0. The Morgan fingerprint density at radius 2 is 1.82 bits per heavy atom. The summed E-state index contributed by atoms with van der Waals surface area (Å²) >= 11 is 17.4. The van der Waals surface area contributed by atoms with Gasteiger partial charge in [0, 0.05) is 24.3 Å². The van der Waals surface area contributed by atoms with Crippen molar-refractivity contribution in [2.45, 2.75) is 36.6 Å². The number of nitrogens with zero attached hydrogens (tertiary/aromatic N) is 2. The fourth-order valence-electron chi connectivity index (χ4n) is 1.45. The summed E-state index contributed by atoms with van der Waals surface area (Å²) < 4.78 is 3.50. The van der Waals surface area contributed by atoms with Gasteiger partial charge in [0.2, 0.25) is 3.79 Å². The lowest BCUT2D eigenvalue weighted by Crippen LogP contribution is -2.21. The number of hydrogen-bond donors (Lipinski definition) is 0. The van der Waals surface area contributed by atoms with Crippen LogP contribution in [0.1, 0.15) is 37.9 Å². The average molecular weight is 298 g/mol. The van der Waals surface area contributed by atoms with Gasteiger partial charge in [-0.3, -0.25) is 0 Å². The van der Waals surface area contributed by atoms with E-state index in [0.717, 1.165) is 11.3 Å². The van der Waals surface area contributed by atoms with E-state index in [1.165, 1.54) is 0 Å². The Hall–Kier alpha value is -0.0900. The zero-order chi connectivity index (χ0) is 13.3. The first-order valence-corrected chi connectivity index (χ1v) is 6.22. The van der Waals surface area contributed by atoms with Crippen LogP contribution < -0.4 is 0 Å². The molecule has 0 aliphatic carbocycles. The Labute approximate surface area is 116 Å². The Balaban J connectivity index is 3.30. The van der Waals surface area contributed by atoms with E-state index in [1.54, 1.807) is 13.3 Å². The molecule has 0 saturated heterocycles. The van der Waals surface area contributed by atoms with Gasteiger partial charge in [0.1, 0.15) is 0 Å². The van der Waals surface area contributed by atoms with Crippen molar-refractivity contribution in [1.82, 2.24) is 9.97 Å². The lowest BCUT2D eigenvalue weighted by molar-refractivity contribution is 0.182. The van der Waals surface area contributed by atoms with Crippen LogP contribution in [0, 0.1) is 0 Å². The topological polar surface area (TPSA) is 35.0 Å². The van der Waals surface area contributed by atoms with Crippen LogP contribution in [0.15, 0.2) is 6.20 Å². The molecule has 0 saturated carbocycles. The van der Waals surface area contributed by atoms with Gasteiger partial charge in [0.05, 0.1) is 12.3 Å². The lowest BCUT2D eigenvalue weighted by Gasteiger charge is -2.22. The van der Waals surface area contributed by atoms with Crippen molar-refractivity contribution in [2.24, 2.45) is 0 Å². The van der Waals surface area contributed by atoms with Crippen LogP contribution in [-0.4, -0.2) is 17.1 Å². The highest BCUT2D eigenvalue weighted by Gasteiger charge is 2.30. The molecule has 3 nitrogen and oxygen atoms in total. The summed E-state index contributed by atoms with van der Waals surface area (Å²) in [6.45, 7) is 6.55. The molecule has 1 heterocycles. The molecule has 0 amide bonds. The third-order valence-corrected chi connectivity index (χ3v) is 2.64. The van der Waals surface area contributed by atoms with E-state index >= 15 is 0 Å². The predicted molar refractivity (Wildman–Crippen MR) is 70.7 cm³/mol. The molecule has 0 aromatic carbocycles. The standard InChI is InChI=1S/C11H15Cl3N2O/c1-10(2,3)8-7(6-17-4)5-15-9(16-8)11(12,13)14/h5H,6H2,1-4H3. The number of rotatable bonds is 2. The van der Waals surface area contributed by atoms with Gasteiger partial charge in [-0.25, -0.2) is 9.97 Å². The maximum atomic E-state index is 5.78. The largest absolute Gasteiger partial charge is 0.380 e. The Morgan fingerprint density at radius 3 is 2.24 bits per heavy atom. The first-order valence-electron chi connectivity index (χ1n) is 5.09. The number of alkyl halides is 3. The van der Waals surface area contributed by atoms with Crippen LogP contribution in [-0.2, 0) is 20.6 Å². The highest BCUT2D eigenvalue weighted by molar-refractivity contribution is 6.66. The Morgan fingerprint density at radius 1 is 1.24 bits per heavy atom. The molecule has 96 valence electrons. The van der Waals surface area contributed by atoms with Gasteiger partial charge in [-0.1, -0.05) is 55.6 Å². The summed E-state index contributed by atoms with van der Waals surface area (Å²) in [6.07, 6.45) is 1.65. The summed E-state index contributed by atoms with van der Waals surface area (Å²) in [7, 11) is 1.62. The van der Waals surface area contributed by atoms with Gasteiger partial charge < -0.3 is 4.74 Å². The number of ether oxygens (including phenoxy) is 1. The van der Waals surface area contributed by atoms with Crippen molar-refractivity contribution < 1.29 is 4.74 Å². The van der Waals surface area contributed by atoms with Crippen molar-refractivity contribution in [3.8, 4) is 0 Å². The lowest BCUT2D eigenvalue weighted by atomic mass is 9.89. The predicted octanol–water partition coefficient (Wildman–Crippen LogP) is 3.75. The van der Waals surface area contributed by atoms with Gasteiger partial charge in [-0.15, -0.1) is 0 Å². The summed E-state index contributed by atoms with van der Waals surface area (Å²) in [5.74, 6) is 0.187. The van der Waals surface area contributed by atoms with Crippen molar-refractivity contribution in [3.05, 3.63) is 23.3 Å². The molecule has 0 aliphatic heterocycles. The number of halogens is 3. The molecule has 0 spiro atoms. The van der Waals surface area contributed by atoms with E-state index in [9.17, 15) is 0 Å². The van der Waals surface area contributed by atoms with Gasteiger partial charge in [-0.05, 0) is 0 Å². The molecule has 0 radical (unpaired) electrons. The molecule has 1 rings (SSSR count). The maximum Gasteiger partial charge on any atom is 0.250 e. The van der Waals surface area contributed by atoms with Crippen LogP contribution in [0.5, 0.6) is 0 Å². The van der Waals surface area contributed by atoms with Crippen molar-refractivity contribution in [1.29, 1.82) is 0 Å². The van der Waals surface area contributed by atoms with Gasteiger partial charge in [0.25, 0.3) is 0 Å². The smallest absolute Gasteiger partial charge is 0.250 e. The van der Waals surface area contributed by atoms with Crippen LogP contribution in [0.25, 0.3) is 0 Å². The van der Waals surface area contributed by atoms with Crippen LogP contribution in [0.4, 0.5) is 0 Å². The number of hydrogen-bond acceptors (Lipinski definition) is 3. The van der Waals surface area contributed by atoms with Crippen LogP contribution in [0.2, 0.25) is 0 Å².